The van der Waals surface area contributed by atoms with Gasteiger partial charge in [0.2, 0.25) is 0 Å². The summed E-state index contributed by atoms with van der Waals surface area (Å²) in [6, 6.07) is 12.6. The van der Waals surface area contributed by atoms with E-state index < -0.39 is 0 Å². The summed E-state index contributed by atoms with van der Waals surface area (Å²) in [5, 5.41) is 10.2. The Morgan fingerprint density at radius 1 is 1.24 bits per heavy atom. The normalized spacial score (nSPS) is 20.6. The average Bonchev–Trinajstić information content (AvgIpc) is 3.14. The molecule has 6 nitrogen and oxygen atoms in total. The molecule has 2 unspecified atom stereocenters. The van der Waals surface area contributed by atoms with Crippen LogP contribution in [0.2, 0.25) is 0 Å². The molecule has 25 heavy (non-hydrogen) atoms. The number of benzene rings is 1. The number of carbonyl (C=O) groups excluding carboxylic acids is 1. The lowest BCUT2D eigenvalue weighted by Crippen LogP contribution is -2.45. The van der Waals surface area contributed by atoms with Crippen molar-refractivity contribution in [3.05, 3.63) is 53.9 Å². The maximum atomic E-state index is 12.2. The number of amides is 2. The Labute approximate surface area is 149 Å². The minimum absolute atomic E-state index is 0.0828. The van der Waals surface area contributed by atoms with Crippen molar-refractivity contribution in [1.29, 1.82) is 0 Å². The van der Waals surface area contributed by atoms with Crippen LogP contribution in [0.15, 0.2) is 42.6 Å². The summed E-state index contributed by atoms with van der Waals surface area (Å²) < 4.78 is 1.83. The van der Waals surface area contributed by atoms with E-state index in [1.807, 2.05) is 23.9 Å². The molecule has 2 atom stereocenters. The lowest BCUT2D eigenvalue weighted by molar-refractivity contribution is 0.234. The first-order valence-corrected chi connectivity index (χ1v) is 8.89. The fraction of sp³-hybridized carbons (Fsp3) is 0.474. The highest BCUT2D eigenvalue weighted by Crippen LogP contribution is 2.18. The van der Waals surface area contributed by atoms with Gasteiger partial charge in [-0.15, -0.1) is 0 Å². The molecule has 0 radical (unpaired) electrons. The van der Waals surface area contributed by atoms with Gasteiger partial charge >= 0.3 is 6.03 Å². The van der Waals surface area contributed by atoms with E-state index in [0.29, 0.717) is 12.5 Å². The lowest BCUT2D eigenvalue weighted by Gasteiger charge is -2.18. The number of likely N-dealkylation sites (tertiary alicyclic amines) is 1. The first-order chi connectivity index (χ1) is 12.1. The second kappa shape index (κ2) is 8.16. The van der Waals surface area contributed by atoms with Crippen molar-refractivity contribution < 1.29 is 4.79 Å². The number of hydrogen-bond acceptors (Lipinski definition) is 3. The van der Waals surface area contributed by atoms with E-state index in [1.165, 1.54) is 5.56 Å². The van der Waals surface area contributed by atoms with Gasteiger partial charge in [0.05, 0.1) is 0 Å². The van der Waals surface area contributed by atoms with Crippen LogP contribution in [0.25, 0.3) is 0 Å². The number of aromatic nitrogens is 2. The summed E-state index contributed by atoms with van der Waals surface area (Å²) in [6.45, 7) is 5.65. The van der Waals surface area contributed by atoms with Gasteiger partial charge in [0.1, 0.15) is 0 Å². The Balaban J connectivity index is 1.41. The van der Waals surface area contributed by atoms with Gasteiger partial charge in [0.15, 0.2) is 0 Å². The summed E-state index contributed by atoms with van der Waals surface area (Å²) in [7, 11) is 1.91. The maximum absolute atomic E-state index is 12.2. The molecule has 3 rings (SSSR count). The molecule has 0 spiro atoms. The Kier molecular flexibility index (Phi) is 5.71. The Bertz CT molecular complexity index is 684. The molecule has 0 saturated carbocycles. The second-order valence-corrected chi connectivity index (χ2v) is 6.86. The molecule has 1 fully saturated rings. The Morgan fingerprint density at radius 3 is 2.76 bits per heavy atom. The average molecular weight is 341 g/mol. The van der Waals surface area contributed by atoms with Crippen LogP contribution in [0.1, 0.15) is 18.2 Å². The van der Waals surface area contributed by atoms with Gasteiger partial charge < -0.3 is 10.6 Å². The molecule has 2 amide bonds. The predicted molar refractivity (Wildman–Crippen MR) is 98.1 cm³/mol. The quantitative estimate of drug-likeness (QED) is 0.842. The number of hydrogen-bond donors (Lipinski definition) is 2. The first-order valence-electron chi connectivity index (χ1n) is 8.89. The highest BCUT2D eigenvalue weighted by Gasteiger charge is 2.30. The Hall–Kier alpha value is -2.34. The summed E-state index contributed by atoms with van der Waals surface area (Å²) >= 11 is 0. The number of carbonyl (C=O) groups is 1. The minimum atomic E-state index is -0.0828. The van der Waals surface area contributed by atoms with E-state index in [9.17, 15) is 4.79 Å². The van der Waals surface area contributed by atoms with Crippen LogP contribution in [-0.4, -0.2) is 46.4 Å². The monoisotopic (exact) mass is 341 g/mol. The summed E-state index contributed by atoms with van der Waals surface area (Å²) in [5.74, 6) is 0.450. The molecule has 1 aromatic heterocycles. The molecule has 1 saturated heterocycles. The molecule has 134 valence electrons. The third kappa shape index (κ3) is 4.82. The van der Waals surface area contributed by atoms with Crippen molar-refractivity contribution in [2.45, 2.75) is 25.9 Å². The topological polar surface area (TPSA) is 62.2 Å². The standard InChI is InChI=1S/C19H27N5O/c1-15-12-24(13-16-6-4-3-5-7-16)14-18(15)22-19(25)20-10-8-17-9-11-21-23(17)2/h3-7,9,11,15,18H,8,10,12-14H2,1-2H3,(H2,20,22,25). The molecule has 6 heteroatoms. The molecule has 1 aliphatic rings. The zero-order valence-electron chi connectivity index (χ0n) is 15.0. The molecular formula is C19H27N5O. The van der Waals surface area contributed by atoms with Crippen LogP contribution in [0, 0.1) is 5.92 Å². The van der Waals surface area contributed by atoms with Crippen LogP contribution in [0.3, 0.4) is 0 Å². The van der Waals surface area contributed by atoms with E-state index in [0.717, 1.165) is 31.7 Å². The number of urea groups is 1. The highest BCUT2D eigenvalue weighted by molar-refractivity contribution is 5.74. The highest BCUT2D eigenvalue weighted by atomic mass is 16.2. The van der Waals surface area contributed by atoms with Gasteiger partial charge in [0, 0.05) is 57.6 Å². The first kappa shape index (κ1) is 17.5. The van der Waals surface area contributed by atoms with Gasteiger partial charge in [-0.05, 0) is 17.5 Å². The van der Waals surface area contributed by atoms with Crippen molar-refractivity contribution >= 4 is 6.03 Å². The second-order valence-electron chi connectivity index (χ2n) is 6.86. The van der Waals surface area contributed by atoms with Crippen molar-refractivity contribution in [3.63, 3.8) is 0 Å². The predicted octanol–water partition coefficient (Wildman–Crippen LogP) is 1.78. The van der Waals surface area contributed by atoms with E-state index in [2.05, 4.69) is 51.8 Å². The molecule has 2 aromatic rings. The molecule has 1 aliphatic heterocycles. The van der Waals surface area contributed by atoms with E-state index in [-0.39, 0.29) is 12.1 Å². The SMILES string of the molecule is CC1CN(Cc2ccccc2)CC1NC(=O)NCCc1ccnn1C. The zero-order valence-corrected chi connectivity index (χ0v) is 15.0. The molecule has 0 aliphatic carbocycles. The van der Waals surface area contributed by atoms with Crippen LogP contribution < -0.4 is 10.6 Å². The van der Waals surface area contributed by atoms with Crippen LogP contribution >= 0.6 is 0 Å². The van der Waals surface area contributed by atoms with Crippen molar-refractivity contribution in [2.75, 3.05) is 19.6 Å². The molecule has 1 aromatic carbocycles. The largest absolute Gasteiger partial charge is 0.338 e. The van der Waals surface area contributed by atoms with E-state index in [4.69, 9.17) is 0 Å². The fourth-order valence-electron chi connectivity index (χ4n) is 3.40. The third-order valence-corrected chi connectivity index (χ3v) is 4.84. The van der Waals surface area contributed by atoms with Crippen molar-refractivity contribution in [2.24, 2.45) is 13.0 Å². The number of nitrogens with zero attached hydrogens (tertiary/aromatic N) is 3. The Morgan fingerprint density at radius 2 is 2.04 bits per heavy atom. The number of rotatable bonds is 6. The maximum Gasteiger partial charge on any atom is 0.315 e. The molecule has 0 bridgehead atoms. The lowest BCUT2D eigenvalue weighted by atomic mass is 10.1. The smallest absolute Gasteiger partial charge is 0.315 e. The van der Waals surface area contributed by atoms with Gasteiger partial charge in [0.25, 0.3) is 0 Å². The van der Waals surface area contributed by atoms with Gasteiger partial charge in [-0.25, -0.2) is 4.79 Å². The van der Waals surface area contributed by atoms with Crippen molar-refractivity contribution in [1.82, 2.24) is 25.3 Å². The fourth-order valence-corrected chi connectivity index (χ4v) is 3.40. The van der Waals surface area contributed by atoms with Crippen LogP contribution in [-0.2, 0) is 20.0 Å². The van der Waals surface area contributed by atoms with Gasteiger partial charge in [-0.2, -0.15) is 5.10 Å². The molecular weight excluding hydrogens is 314 g/mol. The van der Waals surface area contributed by atoms with Gasteiger partial charge in [-0.3, -0.25) is 9.58 Å². The minimum Gasteiger partial charge on any atom is -0.338 e. The summed E-state index contributed by atoms with van der Waals surface area (Å²) in [5.41, 5.74) is 2.43. The van der Waals surface area contributed by atoms with Crippen LogP contribution in [0.5, 0.6) is 0 Å². The van der Waals surface area contributed by atoms with Gasteiger partial charge in [-0.1, -0.05) is 37.3 Å². The van der Waals surface area contributed by atoms with E-state index in [1.54, 1.807) is 6.20 Å². The molecule has 2 heterocycles. The summed E-state index contributed by atoms with van der Waals surface area (Å²) in [4.78, 5) is 14.6. The third-order valence-electron chi connectivity index (χ3n) is 4.84. The van der Waals surface area contributed by atoms with Crippen LogP contribution in [0.4, 0.5) is 4.79 Å². The van der Waals surface area contributed by atoms with E-state index >= 15 is 0 Å². The molecule has 2 N–H and O–H groups in total. The number of nitrogens with one attached hydrogen (secondary N) is 2. The zero-order chi connectivity index (χ0) is 17.6. The summed E-state index contributed by atoms with van der Waals surface area (Å²) in [6.07, 6.45) is 2.56. The van der Waals surface area contributed by atoms with Crippen molar-refractivity contribution in [3.8, 4) is 0 Å². The number of aryl methyl sites for hydroxylation is 1.